The first-order valence-corrected chi connectivity index (χ1v) is 8.08. The minimum atomic E-state index is -0.556. The number of rotatable bonds is 4. The Morgan fingerprint density at radius 1 is 1.32 bits per heavy atom. The third-order valence-electron chi connectivity index (χ3n) is 3.62. The second-order valence-corrected chi connectivity index (χ2v) is 6.06. The number of nitrogens with one attached hydrogen (secondary N) is 1. The quantitative estimate of drug-likeness (QED) is 0.539. The van der Waals surface area contributed by atoms with Crippen LogP contribution in [0.1, 0.15) is 23.1 Å². The van der Waals surface area contributed by atoms with Gasteiger partial charge < -0.3 is 5.32 Å². The summed E-state index contributed by atoms with van der Waals surface area (Å²) >= 11 is 12.0. The number of non-ortho nitro benzene ring substituents is 1. The molecule has 128 valence electrons. The zero-order valence-corrected chi connectivity index (χ0v) is 14.5. The van der Waals surface area contributed by atoms with Crippen LogP contribution in [0.25, 0.3) is 5.65 Å². The molecule has 0 aliphatic rings. The van der Waals surface area contributed by atoms with Crippen molar-refractivity contribution in [1.29, 1.82) is 0 Å². The van der Waals surface area contributed by atoms with Gasteiger partial charge in [-0.25, -0.2) is 4.98 Å². The van der Waals surface area contributed by atoms with Crippen LogP contribution in [0.3, 0.4) is 0 Å². The van der Waals surface area contributed by atoms with Gasteiger partial charge in [0.25, 0.3) is 11.6 Å². The highest BCUT2D eigenvalue weighted by Gasteiger charge is 2.20. The number of fused-ring (bicyclic) bond motifs is 1. The van der Waals surface area contributed by atoms with Crippen LogP contribution in [-0.2, 0) is 6.42 Å². The van der Waals surface area contributed by atoms with E-state index < -0.39 is 10.8 Å². The number of aromatic nitrogens is 2. The molecule has 0 bridgehead atoms. The number of nitro groups is 1. The van der Waals surface area contributed by atoms with Gasteiger partial charge in [0, 0.05) is 18.3 Å². The van der Waals surface area contributed by atoms with E-state index in [0.29, 0.717) is 28.5 Å². The van der Waals surface area contributed by atoms with Crippen LogP contribution in [0.15, 0.2) is 36.5 Å². The topological polar surface area (TPSA) is 89.5 Å². The molecule has 0 aliphatic heterocycles. The lowest BCUT2D eigenvalue weighted by Crippen LogP contribution is -2.16. The van der Waals surface area contributed by atoms with Crippen LogP contribution in [0.2, 0.25) is 10.0 Å². The van der Waals surface area contributed by atoms with E-state index in [9.17, 15) is 14.9 Å². The Morgan fingerprint density at radius 2 is 2.08 bits per heavy atom. The normalized spacial score (nSPS) is 10.8. The maximum atomic E-state index is 12.7. The Balaban J connectivity index is 2.00. The number of carbonyl (C=O) groups is 1. The Kier molecular flexibility index (Phi) is 4.61. The molecule has 1 amide bonds. The SMILES string of the molecule is CCc1nc2ccc(Cl)cn2c1C(=O)Nc1ccc([N+](=O)[O-])cc1Cl. The van der Waals surface area contributed by atoms with Crippen molar-refractivity contribution < 1.29 is 9.72 Å². The number of carbonyl (C=O) groups excluding carboxylic acids is 1. The summed E-state index contributed by atoms with van der Waals surface area (Å²) in [4.78, 5) is 27.4. The summed E-state index contributed by atoms with van der Waals surface area (Å²) in [5.41, 5.74) is 1.67. The Hall–Kier alpha value is -2.64. The molecule has 3 rings (SSSR count). The first-order valence-electron chi connectivity index (χ1n) is 7.32. The summed E-state index contributed by atoms with van der Waals surface area (Å²) in [5, 5.41) is 14.0. The van der Waals surface area contributed by atoms with Crippen molar-refractivity contribution in [2.75, 3.05) is 5.32 Å². The molecule has 0 radical (unpaired) electrons. The summed E-state index contributed by atoms with van der Waals surface area (Å²) in [5.74, 6) is -0.428. The molecule has 0 spiro atoms. The van der Waals surface area contributed by atoms with Crippen molar-refractivity contribution in [1.82, 2.24) is 9.38 Å². The monoisotopic (exact) mass is 378 g/mol. The fraction of sp³-hybridized carbons (Fsp3) is 0.125. The fourth-order valence-electron chi connectivity index (χ4n) is 2.45. The van der Waals surface area contributed by atoms with E-state index in [0.717, 1.165) is 0 Å². The van der Waals surface area contributed by atoms with E-state index in [1.807, 2.05) is 6.92 Å². The second kappa shape index (κ2) is 6.70. The molecule has 7 nitrogen and oxygen atoms in total. The van der Waals surface area contributed by atoms with Gasteiger partial charge in [0.15, 0.2) is 0 Å². The lowest BCUT2D eigenvalue weighted by atomic mass is 10.2. The molecule has 0 saturated heterocycles. The van der Waals surface area contributed by atoms with Gasteiger partial charge in [0.1, 0.15) is 11.3 Å². The number of nitrogens with zero attached hydrogens (tertiary/aromatic N) is 3. The molecule has 1 aromatic carbocycles. The highest BCUT2D eigenvalue weighted by Crippen LogP contribution is 2.27. The van der Waals surface area contributed by atoms with Crippen LogP contribution < -0.4 is 5.32 Å². The van der Waals surface area contributed by atoms with E-state index in [1.165, 1.54) is 18.2 Å². The average Bonchev–Trinajstić information content (AvgIpc) is 2.94. The Bertz CT molecular complexity index is 1000. The van der Waals surface area contributed by atoms with E-state index in [1.54, 1.807) is 22.7 Å². The van der Waals surface area contributed by atoms with Crippen LogP contribution in [0.5, 0.6) is 0 Å². The first-order chi connectivity index (χ1) is 11.9. The highest BCUT2D eigenvalue weighted by molar-refractivity contribution is 6.34. The lowest BCUT2D eigenvalue weighted by Gasteiger charge is -2.08. The summed E-state index contributed by atoms with van der Waals surface area (Å²) in [7, 11) is 0. The number of nitro benzene ring substituents is 1. The molecule has 2 aromatic heterocycles. The van der Waals surface area contributed by atoms with Crippen LogP contribution in [-0.4, -0.2) is 20.2 Å². The molecule has 1 N–H and O–H groups in total. The molecular formula is C16H12Cl2N4O3. The Morgan fingerprint density at radius 3 is 2.72 bits per heavy atom. The van der Waals surface area contributed by atoms with E-state index in [4.69, 9.17) is 23.2 Å². The second-order valence-electron chi connectivity index (χ2n) is 5.21. The third kappa shape index (κ3) is 3.29. The standard InChI is InChI=1S/C16H12Cl2N4O3/c1-2-12-15(21-8-9(17)3-6-14(21)19-12)16(23)20-13-5-4-10(22(24)25)7-11(13)18/h3-8H,2H2,1H3,(H,20,23). The van der Waals surface area contributed by atoms with Crippen molar-refractivity contribution in [3.05, 3.63) is 68.1 Å². The van der Waals surface area contributed by atoms with Gasteiger partial charge in [-0.15, -0.1) is 0 Å². The van der Waals surface area contributed by atoms with Gasteiger partial charge in [-0.1, -0.05) is 30.1 Å². The molecule has 0 saturated carbocycles. The Labute approximate surface area is 152 Å². The van der Waals surface area contributed by atoms with Gasteiger partial charge in [-0.05, 0) is 24.6 Å². The maximum absolute atomic E-state index is 12.7. The van der Waals surface area contributed by atoms with Gasteiger partial charge in [0.05, 0.1) is 26.3 Å². The van der Waals surface area contributed by atoms with Gasteiger partial charge in [-0.3, -0.25) is 19.3 Å². The molecule has 0 fully saturated rings. The summed E-state index contributed by atoms with van der Waals surface area (Å²) < 4.78 is 1.61. The predicted octanol–water partition coefficient (Wildman–Crippen LogP) is 4.36. The number of pyridine rings is 1. The molecule has 0 unspecified atom stereocenters. The molecule has 0 aliphatic carbocycles. The minimum absolute atomic E-state index is 0.0763. The number of imidazole rings is 1. The number of halogens is 2. The molecule has 3 aromatic rings. The molecule has 9 heteroatoms. The van der Waals surface area contributed by atoms with Crippen molar-refractivity contribution in [2.24, 2.45) is 0 Å². The third-order valence-corrected chi connectivity index (χ3v) is 4.15. The summed E-state index contributed by atoms with van der Waals surface area (Å²) in [6.45, 7) is 1.89. The van der Waals surface area contributed by atoms with E-state index in [2.05, 4.69) is 10.3 Å². The van der Waals surface area contributed by atoms with Gasteiger partial charge in [-0.2, -0.15) is 0 Å². The summed E-state index contributed by atoms with van der Waals surface area (Å²) in [6.07, 6.45) is 2.16. The lowest BCUT2D eigenvalue weighted by molar-refractivity contribution is -0.384. The van der Waals surface area contributed by atoms with E-state index in [-0.39, 0.29) is 16.4 Å². The number of hydrogen-bond acceptors (Lipinski definition) is 4. The number of aryl methyl sites for hydroxylation is 1. The molecule has 25 heavy (non-hydrogen) atoms. The smallest absolute Gasteiger partial charge is 0.274 e. The largest absolute Gasteiger partial charge is 0.319 e. The van der Waals surface area contributed by atoms with Gasteiger partial charge in [0.2, 0.25) is 0 Å². The number of benzene rings is 1. The van der Waals surface area contributed by atoms with Crippen molar-refractivity contribution >= 4 is 46.1 Å². The average molecular weight is 379 g/mol. The fourth-order valence-corrected chi connectivity index (χ4v) is 2.84. The minimum Gasteiger partial charge on any atom is -0.319 e. The highest BCUT2D eigenvalue weighted by atomic mass is 35.5. The number of amides is 1. The molecule has 0 atom stereocenters. The van der Waals surface area contributed by atoms with Crippen LogP contribution in [0.4, 0.5) is 11.4 Å². The maximum Gasteiger partial charge on any atom is 0.274 e. The molecular weight excluding hydrogens is 367 g/mol. The zero-order chi connectivity index (χ0) is 18.1. The summed E-state index contributed by atoms with van der Waals surface area (Å²) in [6, 6.07) is 7.26. The number of hydrogen-bond donors (Lipinski definition) is 1. The first kappa shape index (κ1) is 17.2. The van der Waals surface area contributed by atoms with Crippen LogP contribution >= 0.6 is 23.2 Å². The molecule has 2 heterocycles. The van der Waals surface area contributed by atoms with Crippen molar-refractivity contribution in [2.45, 2.75) is 13.3 Å². The zero-order valence-electron chi connectivity index (χ0n) is 13.0. The van der Waals surface area contributed by atoms with E-state index >= 15 is 0 Å². The van der Waals surface area contributed by atoms with Crippen molar-refractivity contribution in [3.63, 3.8) is 0 Å². The number of anilines is 1. The predicted molar refractivity (Wildman–Crippen MR) is 95.6 cm³/mol. The van der Waals surface area contributed by atoms with Gasteiger partial charge >= 0.3 is 0 Å². The van der Waals surface area contributed by atoms with Crippen LogP contribution in [0, 0.1) is 10.1 Å². The van der Waals surface area contributed by atoms with Crippen molar-refractivity contribution in [3.8, 4) is 0 Å².